The Morgan fingerprint density at radius 1 is 1.59 bits per heavy atom. The van der Waals surface area contributed by atoms with Crippen LogP contribution in [-0.4, -0.2) is 37.4 Å². The third-order valence-corrected chi connectivity index (χ3v) is 2.19. The van der Waals surface area contributed by atoms with Crippen LogP contribution in [0, 0.1) is 0 Å². The summed E-state index contributed by atoms with van der Waals surface area (Å²) in [6, 6.07) is 2.15. The van der Waals surface area contributed by atoms with E-state index in [0.29, 0.717) is 13.0 Å². The second-order valence-electron chi connectivity index (χ2n) is 3.48. The maximum Gasteiger partial charge on any atom is 0.335 e. The SMILES string of the molecule is COCCC(CO)NC(=O)c1ccc(=O)oc1. The van der Waals surface area contributed by atoms with Crippen LogP contribution in [0.5, 0.6) is 0 Å². The minimum Gasteiger partial charge on any atom is -0.430 e. The normalized spacial score (nSPS) is 12.1. The van der Waals surface area contributed by atoms with Gasteiger partial charge in [-0.05, 0) is 12.5 Å². The maximum atomic E-state index is 11.7. The molecule has 0 saturated carbocycles. The van der Waals surface area contributed by atoms with Gasteiger partial charge in [-0.3, -0.25) is 4.79 Å². The minimum absolute atomic E-state index is 0.175. The van der Waals surface area contributed by atoms with Crippen molar-refractivity contribution >= 4 is 5.91 Å². The molecule has 2 N–H and O–H groups in total. The monoisotopic (exact) mass is 241 g/mol. The summed E-state index contributed by atoms with van der Waals surface area (Å²) < 4.78 is 9.43. The lowest BCUT2D eigenvalue weighted by Gasteiger charge is -2.15. The van der Waals surface area contributed by atoms with Crippen LogP contribution in [0.1, 0.15) is 16.8 Å². The van der Waals surface area contributed by atoms with E-state index in [0.717, 1.165) is 12.3 Å². The highest BCUT2D eigenvalue weighted by Crippen LogP contribution is 1.98. The van der Waals surface area contributed by atoms with Crippen molar-refractivity contribution in [3.63, 3.8) is 0 Å². The maximum absolute atomic E-state index is 11.7. The molecule has 0 aliphatic carbocycles. The van der Waals surface area contributed by atoms with Gasteiger partial charge in [0, 0.05) is 19.8 Å². The molecule has 0 aliphatic rings. The molecule has 0 radical (unpaired) electrons. The summed E-state index contributed by atoms with van der Waals surface area (Å²) in [7, 11) is 1.54. The summed E-state index contributed by atoms with van der Waals surface area (Å²) in [5.41, 5.74) is -0.278. The summed E-state index contributed by atoms with van der Waals surface area (Å²) in [4.78, 5) is 22.4. The number of amides is 1. The Kier molecular flexibility index (Phi) is 5.38. The van der Waals surface area contributed by atoms with Gasteiger partial charge in [-0.15, -0.1) is 0 Å². The molecule has 0 fully saturated rings. The standard InChI is InChI=1S/C11H15NO5/c1-16-5-4-9(6-13)12-11(15)8-2-3-10(14)17-7-8/h2-3,7,9,13H,4-6H2,1H3,(H,12,15). The summed E-state index contributed by atoms with van der Waals surface area (Å²) in [6.07, 6.45) is 1.60. The Labute approximate surface area is 98.2 Å². The van der Waals surface area contributed by atoms with E-state index in [2.05, 4.69) is 9.73 Å². The zero-order valence-corrected chi connectivity index (χ0v) is 9.51. The summed E-state index contributed by atoms with van der Waals surface area (Å²) in [5, 5.41) is 11.7. The molecule has 1 amide bonds. The highest BCUT2D eigenvalue weighted by Gasteiger charge is 2.13. The van der Waals surface area contributed by atoms with Gasteiger partial charge in [0.05, 0.1) is 18.2 Å². The molecule has 6 heteroatoms. The van der Waals surface area contributed by atoms with Gasteiger partial charge in [-0.1, -0.05) is 0 Å². The lowest BCUT2D eigenvalue weighted by molar-refractivity contribution is 0.0892. The molecule has 1 heterocycles. The van der Waals surface area contributed by atoms with Gasteiger partial charge in [0.25, 0.3) is 5.91 Å². The Morgan fingerprint density at radius 2 is 2.35 bits per heavy atom. The lowest BCUT2D eigenvalue weighted by atomic mass is 10.2. The Morgan fingerprint density at radius 3 is 2.88 bits per heavy atom. The molecule has 1 atom stereocenters. The van der Waals surface area contributed by atoms with Crippen molar-refractivity contribution in [2.45, 2.75) is 12.5 Å². The van der Waals surface area contributed by atoms with Crippen LogP contribution in [0.2, 0.25) is 0 Å². The van der Waals surface area contributed by atoms with Crippen LogP contribution in [0.25, 0.3) is 0 Å². The van der Waals surface area contributed by atoms with E-state index < -0.39 is 11.5 Å². The van der Waals surface area contributed by atoms with Crippen LogP contribution in [0.15, 0.2) is 27.6 Å². The van der Waals surface area contributed by atoms with Gasteiger partial charge in [-0.25, -0.2) is 4.79 Å². The van der Waals surface area contributed by atoms with Crippen LogP contribution in [0.3, 0.4) is 0 Å². The first-order valence-electron chi connectivity index (χ1n) is 5.17. The topological polar surface area (TPSA) is 88.8 Å². The number of hydrogen-bond acceptors (Lipinski definition) is 5. The average molecular weight is 241 g/mol. The minimum atomic E-state index is -0.514. The largest absolute Gasteiger partial charge is 0.430 e. The number of hydrogen-bond donors (Lipinski definition) is 2. The first-order valence-corrected chi connectivity index (χ1v) is 5.17. The van der Waals surface area contributed by atoms with Crippen molar-refractivity contribution in [3.8, 4) is 0 Å². The fourth-order valence-electron chi connectivity index (χ4n) is 1.23. The number of ether oxygens (including phenoxy) is 1. The zero-order chi connectivity index (χ0) is 12.7. The second-order valence-corrected chi connectivity index (χ2v) is 3.48. The number of aliphatic hydroxyl groups is 1. The fraction of sp³-hybridized carbons (Fsp3) is 0.455. The molecule has 0 bridgehead atoms. The van der Waals surface area contributed by atoms with Gasteiger partial charge in [0.15, 0.2) is 0 Å². The summed E-state index contributed by atoms with van der Waals surface area (Å²) >= 11 is 0. The van der Waals surface area contributed by atoms with Gasteiger partial charge >= 0.3 is 5.63 Å². The van der Waals surface area contributed by atoms with E-state index in [1.54, 1.807) is 7.11 Å². The quantitative estimate of drug-likeness (QED) is 0.718. The molecular formula is C11H15NO5. The Hall–Kier alpha value is -1.66. The lowest BCUT2D eigenvalue weighted by Crippen LogP contribution is -2.38. The highest BCUT2D eigenvalue weighted by molar-refractivity contribution is 5.93. The third kappa shape index (κ3) is 4.38. The first-order chi connectivity index (χ1) is 8.17. The molecule has 1 unspecified atom stereocenters. The number of carbonyl (C=O) groups excluding carboxylic acids is 1. The van der Waals surface area contributed by atoms with Gasteiger partial charge in [-0.2, -0.15) is 0 Å². The predicted octanol–water partition coefficient (Wildman–Crippen LogP) is -0.233. The van der Waals surface area contributed by atoms with E-state index in [1.807, 2.05) is 0 Å². The van der Waals surface area contributed by atoms with Gasteiger partial charge in [0.2, 0.25) is 0 Å². The molecule has 1 aromatic heterocycles. The van der Waals surface area contributed by atoms with Gasteiger partial charge < -0.3 is 19.6 Å². The Bertz CT molecular complexity index is 394. The molecule has 0 spiro atoms. The Balaban J connectivity index is 2.57. The fourth-order valence-corrected chi connectivity index (χ4v) is 1.23. The number of rotatable bonds is 6. The average Bonchev–Trinajstić information content (AvgIpc) is 2.35. The van der Waals surface area contributed by atoms with Crippen molar-refractivity contribution in [2.24, 2.45) is 0 Å². The molecule has 6 nitrogen and oxygen atoms in total. The van der Waals surface area contributed by atoms with Crippen molar-refractivity contribution in [2.75, 3.05) is 20.3 Å². The first kappa shape index (κ1) is 13.4. The number of aliphatic hydroxyl groups excluding tert-OH is 1. The van der Waals surface area contributed by atoms with E-state index in [9.17, 15) is 9.59 Å². The smallest absolute Gasteiger partial charge is 0.335 e. The van der Waals surface area contributed by atoms with Crippen LogP contribution in [0.4, 0.5) is 0 Å². The molecule has 94 valence electrons. The van der Waals surface area contributed by atoms with Crippen molar-refractivity contribution < 1.29 is 19.1 Å². The molecule has 1 aromatic rings. The number of methoxy groups -OCH3 is 1. The zero-order valence-electron chi connectivity index (χ0n) is 9.51. The van der Waals surface area contributed by atoms with Crippen LogP contribution in [-0.2, 0) is 4.74 Å². The third-order valence-electron chi connectivity index (χ3n) is 2.19. The highest BCUT2D eigenvalue weighted by atomic mass is 16.5. The number of nitrogens with one attached hydrogen (secondary N) is 1. The second kappa shape index (κ2) is 6.82. The molecule has 1 rings (SSSR count). The predicted molar refractivity (Wildman–Crippen MR) is 59.8 cm³/mol. The van der Waals surface area contributed by atoms with Crippen molar-refractivity contribution in [1.82, 2.24) is 5.32 Å². The van der Waals surface area contributed by atoms with Crippen molar-refractivity contribution in [3.05, 3.63) is 34.4 Å². The molecule has 17 heavy (non-hydrogen) atoms. The summed E-state index contributed by atoms with van der Waals surface area (Å²) in [5.74, 6) is -0.399. The van der Waals surface area contributed by atoms with E-state index in [4.69, 9.17) is 9.84 Å². The van der Waals surface area contributed by atoms with Crippen LogP contribution < -0.4 is 10.9 Å². The van der Waals surface area contributed by atoms with E-state index in [1.165, 1.54) is 6.07 Å². The van der Waals surface area contributed by atoms with Gasteiger partial charge in [0.1, 0.15) is 6.26 Å². The molecule has 0 saturated heterocycles. The number of carbonyl (C=O) groups is 1. The van der Waals surface area contributed by atoms with Crippen molar-refractivity contribution in [1.29, 1.82) is 0 Å². The molecular weight excluding hydrogens is 226 g/mol. The summed E-state index contributed by atoms with van der Waals surface area (Å²) in [6.45, 7) is 0.265. The molecule has 0 aliphatic heterocycles. The molecule has 0 aromatic carbocycles. The van der Waals surface area contributed by atoms with Crippen LogP contribution >= 0.6 is 0 Å². The van der Waals surface area contributed by atoms with E-state index >= 15 is 0 Å². The van der Waals surface area contributed by atoms with E-state index in [-0.39, 0.29) is 18.2 Å².